The van der Waals surface area contributed by atoms with Crippen LogP contribution in [0.15, 0.2) is 12.2 Å². The number of ether oxygens (including phenoxy) is 1. The molecule has 1 unspecified atom stereocenters. The quantitative estimate of drug-likeness (QED) is 0.577. The van der Waals surface area contributed by atoms with Crippen molar-refractivity contribution in [3.63, 3.8) is 0 Å². The Labute approximate surface area is 112 Å². The van der Waals surface area contributed by atoms with Gasteiger partial charge < -0.3 is 15.2 Å². The first-order valence-electron chi connectivity index (χ1n) is 5.97. The van der Waals surface area contributed by atoms with Crippen molar-refractivity contribution in [3.05, 3.63) is 12.2 Å². The molecule has 0 aliphatic rings. The summed E-state index contributed by atoms with van der Waals surface area (Å²) in [4.78, 5) is 33.6. The number of carboxylic acid groups (broad SMARTS) is 1. The Balaban J connectivity index is 4.71. The predicted molar refractivity (Wildman–Crippen MR) is 69.4 cm³/mol. The normalized spacial score (nSPS) is 13.4. The molecule has 6 heteroatoms. The van der Waals surface area contributed by atoms with Crippen molar-refractivity contribution in [2.75, 3.05) is 0 Å². The number of carbonyl (C=O) groups is 3. The van der Waals surface area contributed by atoms with E-state index in [0.29, 0.717) is 6.08 Å². The van der Waals surface area contributed by atoms with Gasteiger partial charge in [-0.3, -0.25) is 4.79 Å². The van der Waals surface area contributed by atoms with Crippen molar-refractivity contribution < 1.29 is 24.2 Å². The van der Waals surface area contributed by atoms with Crippen LogP contribution < -0.4 is 5.32 Å². The van der Waals surface area contributed by atoms with Crippen LogP contribution in [0.4, 0.5) is 0 Å². The van der Waals surface area contributed by atoms with Crippen molar-refractivity contribution in [2.45, 2.75) is 46.3 Å². The van der Waals surface area contributed by atoms with E-state index in [2.05, 4.69) is 5.32 Å². The molecular weight excluding hydrogens is 250 g/mol. The molecule has 0 saturated carbocycles. The van der Waals surface area contributed by atoms with Gasteiger partial charge >= 0.3 is 11.9 Å². The predicted octanol–water partition coefficient (Wildman–Crippen LogP) is 1.11. The molecule has 0 radical (unpaired) electrons. The van der Waals surface area contributed by atoms with Crippen LogP contribution in [0, 0.1) is 5.92 Å². The summed E-state index contributed by atoms with van der Waals surface area (Å²) >= 11 is 0. The molecule has 0 saturated heterocycles. The smallest absolute Gasteiger partial charge is 0.329 e. The number of hydrogen-bond donors (Lipinski definition) is 2. The summed E-state index contributed by atoms with van der Waals surface area (Å²) in [6.07, 6.45) is 1.57. The molecule has 6 nitrogen and oxygen atoms in total. The maximum absolute atomic E-state index is 11.9. The minimum absolute atomic E-state index is 0.169. The van der Waals surface area contributed by atoms with Crippen LogP contribution in [0.2, 0.25) is 0 Å². The van der Waals surface area contributed by atoms with Crippen molar-refractivity contribution in [3.8, 4) is 0 Å². The number of esters is 1. The first kappa shape index (κ1) is 17.2. The number of carbonyl (C=O) groups excluding carboxylic acids is 2. The molecule has 0 fully saturated rings. The Morgan fingerprint density at radius 2 is 1.68 bits per heavy atom. The first-order chi connectivity index (χ1) is 8.53. The minimum atomic E-state index is -1.23. The number of rotatable bonds is 5. The number of hydrogen-bond acceptors (Lipinski definition) is 4. The molecule has 2 N–H and O–H groups in total. The molecule has 0 rings (SSSR count). The zero-order valence-electron chi connectivity index (χ0n) is 11.9. The third-order valence-corrected chi connectivity index (χ3v) is 2.00. The third kappa shape index (κ3) is 7.96. The Bertz CT molecular complexity index is 379. The van der Waals surface area contributed by atoms with Crippen LogP contribution in [0.1, 0.15) is 34.6 Å². The van der Waals surface area contributed by atoms with E-state index < -0.39 is 29.5 Å². The lowest BCUT2D eigenvalue weighted by Gasteiger charge is -2.26. The van der Waals surface area contributed by atoms with Gasteiger partial charge in [0.05, 0.1) is 0 Å². The van der Waals surface area contributed by atoms with Gasteiger partial charge in [-0.25, -0.2) is 9.59 Å². The molecule has 108 valence electrons. The third-order valence-electron chi connectivity index (χ3n) is 2.00. The molecule has 1 atom stereocenters. The number of amides is 1. The Morgan fingerprint density at radius 1 is 1.16 bits per heavy atom. The molecule has 0 spiro atoms. The summed E-state index contributed by atoms with van der Waals surface area (Å²) in [7, 11) is 0. The molecule has 0 aromatic carbocycles. The molecule has 1 amide bonds. The van der Waals surface area contributed by atoms with Crippen LogP contribution in [0.25, 0.3) is 0 Å². The molecule has 0 aromatic heterocycles. The monoisotopic (exact) mass is 271 g/mol. The van der Waals surface area contributed by atoms with Gasteiger partial charge in [0, 0.05) is 12.2 Å². The highest BCUT2D eigenvalue weighted by molar-refractivity contribution is 5.96. The summed E-state index contributed by atoms with van der Waals surface area (Å²) < 4.78 is 5.19. The van der Waals surface area contributed by atoms with Crippen molar-refractivity contribution in [1.29, 1.82) is 0 Å². The minimum Gasteiger partial charge on any atom is -0.478 e. The molecule has 19 heavy (non-hydrogen) atoms. The maximum Gasteiger partial charge on any atom is 0.329 e. The fraction of sp³-hybridized carbons (Fsp3) is 0.615. The van der Waals surface area contributed by atoms with Gasteiger partial charge in [-0.05, 0) is 26.7 Å². The van der Waals surface area contributed by atoms with Crippen LogP contribution >= 0.6 is 0 Å². The van der Waals surface area contributed by atoms with E-state index in [1.807, 2.05) is 0 Å². The fourth-order valence-electron chi connectivity index (χ4n) is 1.21. The fourth-order valence-corrected chi connectivity index (χ4v) is 1.21. The van der Waals surface area contributed by atoms with Crippen LogP contribution in [-0.4, -0.2) is 34.6 Å². The maximum atomic E-state index is 11.9. The van der Waals surface area contributed by atoms with E-state index >= 15 is 0 Å². The standard InChI is InChI=1S/C13H21NO5/c1-8(2)11(12(18)19-13(3,4)5)14-9(15)6-7-10(16)17/h6-8,11H,1-5H3,(H,14,15)(H,16,17)/b7-6+. The van der Waals surface area contributed by atoms with Gasteiger partial charge in [0.1, 0.15) is 11.6 Å². The van der Waals surface area contributed by atoms with Crippen LogP contribution in [0.3, 0.4) is 0 Å². The highest BCUT2D eigenvalue weighted by atomic mass is 16.6. The van der Waals surface area contributed by atoms with E-state index in [1.165, 1.54) is 0 Å². The summed E-state index contributed by atoms with van der Waals surface area (Å²) in [6, 6.07) is -0.815. The number of carboxylic acids is 1. The Kier molecular flexibility index (Phi) is 6.24. The Hall–Kier alpha value is -1.85. The number of aliphatic carboxylic acids is 1. The van der Waals surface area contributed by atoms with Gasteiger partial charge in [0.25, 0.3) is 0 Å². The lowest BCUT2D eigenvalue weighted by molar-refractivity contribution is -0.159. The largest absolute Gasteiger partial charge is 0.478 e. The highest BCUT2D eigenvalue weighted by Crippen LogP contribution is 2.12. The van der Waals surface area contributed by atoms with Crippen LogP contribution in [0.5, 0.6) is 0 Å². The SMILES string of the molecule is CC(C)C(NC(=O)/C=C/C(=O)O)C(=O)OC(C)(C)C. The average Bonchev–Trinajstić information content (AvgIpc) is 2.19. The van der Waals surface area contributed by atoms with E-state index in [0.717, 1.165) is 6.08 Å². The zero-order valence-corrected chi connectivity index (χ0v) is 11.9. The van der Waals surface area contributed by atoms with E-state index in [-0.39, 0.29) is 5.92 Å². The molecule has 0 bridgehead atoms. The molecule has 0 aliphatic heterocycles. The lowest BCUT2D eigenvalue weighted by Crippen LogP contribution is -2.46. The van der Waals surface area contributed by atoms with Gasteiger partial charge in [-0.1, -0.05) is 13.8 Å². The van der Waals surface area contributed by atoms with Crippen molar-refractivity contribution >= 4 is 17.8 Å². The van der Waals surface area contributed by atoms with Crippen LogP contribution in [-0.2, 0) is 19.1 Å². The average molecular weight is 271 g/mol. The summed E-state index contributed by atoms with van der Waals surface area (Å²) in [5, 5.41) is 10.8. The second-order valence-electron chi connectivity index (χ2n) is 5.44. The van der Waals surface area contributed by atoms with Crippen molar-refractivity contribution in [2.24, 2.45) is 5.92 Å². The van der Waals surface area contributed by atoms with E-state index in [1.54, 1.807) is 34.6 Å². The molecular formula is C13H21NO5. The second kappa shape index (κ2) is 6.92. The zero-order chi connectivity index (χ0) is 15.2. The first-order valence-corrected chi connectivity index (χ1v) is 5.97. The summed E-state index contributed by atoms with van der Waals surface area (Å²) in [6.45, 7) is 8.71. The molecule has 0 aromatic rings. The molecule has 0 heterocycles. The second-order valence-corrected chi connectivity index (χ2v) is 5.44. The number of nitrogens with one attached hydrogen (secondary N) is 1. The van der Waals surface area contributed by atoms with E-state index in [9.17, 15) is 14.4 Å². The highest BCUT2D eigenvalue weighted by Gasteiger charge is 2.28. The van der Waals surface area contributed by atoms with Gasteiger partial charge in [0.2, 0.25) is 5.91 Å². The van der Waals surface area contributed by atoms with Gasteiger partial charge in [-0.15, -0.1) is 0 Å². The van der Waals surface area contributed by atoms with Gasteiger partial charge in [-0.2, -0.15) is 0 Å². The topological polar surface area (TPSA) is 92.7 Å². The van der Waals surface area contributed by atoms with Crippen molar-refractivity contribution in [1.82, 2.24) is 5.32 Å². The summed E-state index contributed by atoms with van der Waals surface area (Å²) in [5.41, 5.74) is -0.647. The summed E-state index contributed by atoms with van der Waals surface area (Å²) in [5.74, 6) is -2.59. The molecule has 0 aliphatic carbocycles. The Morgan fingerprint density at radius 3 is 2.05 bits per heavy atom. The lowest BCUT2D eigenvalue weighted by atomic mass is 10.0. The van der Waals surface area contributed by atoms with Gasteiger partial charge in [0.15, 0.2) is 0 Å². The van der Waals surface area contributed by atoms with E-state index in [4.69, 9.17) is 9.84 Å².